The van der Waals surface area contributed by atoms with Gasteiger partial charge >= 0.3 is 6.18 Å². The van der Waals surface area contributed by atoms with Gasteiger partial charge in [-0.3, -0.25) is 4.90 Å². The Morgan fingerprint density at radius 3 is 2.43 bits per heavy atom. The number of nitrogens with zero attached hydrogens (tertiary/aromatic N) is 8. The van der Waals surface area contributed by atoms with Crippen molar-refractivity contribution < 1.29 is 17.7 Å². The van der Waals surface area contributed by atoms with Crippen LogP contribution in [-0.2, 0) is 0 Å². The number of halogens is 3. The van der Waals surface area contributed by atoms with E-state index in [1.807, 2.05) is 42.3 Å². The van der Waals surface area contributed by atoms with Crippen LogP contribution in [0, 0.1) is 0 Å². The van der Waals surface area contributed by atoms with Gasteiger partial charge in [-0.2, -0.15) is 33.1 Å². The van der Waals surface area contributed by atoms with E-state index in [1.165, 1.54) is 0 Å². The van der Waals surface area contributed by atoms with Crippen LogP contribution in [0.5, 0.6) is 0 Å². The van der Waals surface area contributed by atoms with E-state index in [2.05, 4.69) is 36.8 Å². The topological polar surface area (TPSA) is 96.4 Å². The molecule has 0 amide bonds. The summed E-state index contributed by atoms with van der Waals surface area (Å²) in [5.41, 5.74) is 0.876. The Morgan fingerprint density at radius 1 is 1.06 bits per heavy atom. The van der Waals surface area contributed by atoms with E-state index >= 15 is 0 Å². The number of rotatable bonds is 7. The third-order valence-electron chi connectivity index (χ3n) is 6.73. The Morgan fingerprint density at radius 2 is 1.77 bits per heavy atom. The largest absolute Gasteiger partial charge is 0.390 e. The number of benzene rings is 1. The standard InChI is InChI=1S/C23H25F3N8O/c1-27-21-29-18(30-22(31-21)33(2)15-6-4-3-5-7-15)19-28-20(35-32-19)14-12-16-8-9-17(13-14)34(16)11-10-23(24,25)26/h3-7,14,16-17H,1,8-13H2,2H3/t14?,16-,17+. The van der Waals surface area contributed by atoms with Gasteiger partial charge < -0.3 is 9.42 Å². The summed E-state index contributed by atoms with van der Waals surface area (Å²) in [6.07, 6.45) is -1.78. The number of para-hydroxylation sites is 1. The zero-order valence-electron chi connectivity index (χ0n) is 19.2. The first-order chi connectivity index (χ1) is 16.8. The maximum absolute atomic E-state index is 12.7. The fourth-order valence-electron chi connectivity index (χ4n) is 5.03. The van der Waals surface area contributed by atoms with Crippen LogP contribution in [0.1, 0.15) is 43.9 Å². The second kappa shape index (κ2) is 9.33. The number of aliphatic imine (C=N–C) groups is 1. The van der Waals surface area contributed by atoms with Crippen LogP contribution >= 0.6 is 0 Å². The van der Waals surface area contributed by atoms with Gasteiger partial charge in [0, 0.05) is 37.3 Å². The molecule has 2 saturated heterocycles. The first kappa shape index (κ1) is 23.3. The number of hydrogen-bond donors (Lipinski definition) is 0. The average Bonchev–Trinajstić information content (AvgIpc) is 3.44. The molecule has 0 N–H and O–H groups in total. The molecule has 35 heavy (non-hydrogen) atoms. The van der Waals surface area contributed by atoms with Gasteiger partial charge in [0.1, 0.15) is 0 Å². The van der Waals surface area contributed by atoms with Gasteiger partial charge in [0.25, 0.3) is 5.95 Å². The molecule has 5 rings (SSSR count). The molecule has 0 radical (unpaired) electrons. The van der Waals surface area contributed by atoms with E-state index in [-0.39, 0.29) is 42.1 Å². The molecule has 2 bridgehead atoms. The lowest BCUT2D eigenvalue weighted by Crippen LogP contribution is -2.43. The number of alkyl halides is 3. The van der Waals surface area contributed by atoms with Crippen molar-refractivity contribution in [3.05, 3.63) is 36.2 Å². The average molecular weight is 487 g/mol. The minimum absolute atomic E-state index is 0.0128. The van der Waals surface area contributed by atoms with Gasteiger partial charge in [-0.05, 0) is 44.5 Å². The molecule has 2 fully saturated rings. The van der Waals surface area contributed by atoms with E-state index in [0.717, 1.165) is 18.5 Å². The van der Waals surface area contributed by atoms with Crippen LogP contribution in [0.25, 0.3) is 11.6 Å². The Hall–Kier alpha value is -3.41. The molecule has 2 aromatic heterocycles. The van der Waals surface area contributed by atoms with E-state index < -0.39 is 12.6 Å². The highest BCUT2D eigenvalue weighted by Crippen LogP contribution is 2.43. The quantitative estimate of drug-likeness (QED) is 0.444. The van der Waals surface area contributed by atoms with E-state index in [4.69, 9.17) is 4.52 Å². The fourth-order valence-corrected chi connectivity index (χ4v) is 5.03. The zero-order chi connectivity index (χ0) is 24.6. The highest BCUT2D eigenvalue weighted by atomic mass is 19.4. The van der Waals surface area contributed by atoms with Crippen LogP contribution in [0.4, 0.5) is 30.8 Å². The van der Waals surface area contributed by atoms with Crippen LogP contribution in [-0.4, -0.2) is 68.6 Å². The molecule has 2 aliphatic heterocycles. The number of anilines is 2. The minimum atomic E-state index is -4.14. The van der Waals surface area contributed by atoms with Crippen LogP contribution in [0.3, 0.4) is 0 Å². The number of hydrogen-bond acceptors (Lipinski definition) is 9. The van der Waals surface area contributed by atoms with E-state index in [0.29, 0.717) is 24.7 Å². The van der Waals surface area contributed by atoms with Gasteiger partial charge in [-0.15, -0.1) is 0 Å². The van der Waals surface area contributed by atoms with Crippen molar-refractivity contribution in [2.75, 3.05) is 18.5 Å². The Labute approximate surface area is 200 Å². The second-order valence-corrected chi connectivity index (χ2v) is 8.92. The summed E-state index contributed by atoms with van der Waals surface area (Å²) in [5, 5.41) is 4.09. The van der Waals surface area contributed by atoms with E-state index in [1.54, 1.807) is 4.90 Å². The first-order valence-electron chi connectivity index (χ1n) is 11.5. The molecular weight excluding hydrogens is 461 g/mol. The summed E-state index contributed by atoms with van der Waals surface area (Å²) in [4.78, 5) is 25.3. The minimum Gasteiger partial charge on any atom is -0.339 e. The normalized spacial score (nSPS) is 22.3. The fraction of sp³-hybridized carbons (Fsp3) is 0.478. The van der Waals surface area contributed by atoms with Crippen LogP contribution < -0.4 is 4.90 Å². The molecule has 2 aliphatic rings. The zero-order valence-corrected chi connectivity index (χ0v) is 19.2. The molecule has 9 nitrogen and oxygen atoms in total. The Kier molecular flexibility index (Phi) is 6.22. The molecule has 1 unspecified atom stereocenters. The van der Waals surface area contributed by atoms with E-state index in [9.17, 15) is 13.2 Å². The van der Waals surface area contributed by atoms with Crippen molar-refractivity contribution >= 4 is 24.3 Å². The number of piperidine rings is 1. The van der Waals surface area contributed by atoms with Gasteiger partial charge in [0.05, 0.1) is 6.42 Å². The smallest absolute Gasteiger partial charge is 0.339 e. The van der Waals surface area contributed by atoms with Gasteiger partial charge in [-0.1, -0.05) is 23.4 Å². The summed E-state index contributed by atoms with van der Waals surface area (Å²) < 4.78 is 43.8. The summed E-state index contributed by atoms with van der Waals surface area (Å²) in [5.74, 6) is 1.35. The van der Waals surface area contributed by atoms with Crippen LogP contribution in [0.2, 0.25) is 0 Å². The second-order valence-electron chi connectivity index (χ2n) is 8.92. The SMILES string of the molecule is C=Nc1nc(-c2noc(C3C[C@H]4CC[C@@H](C3)N4CCC(F)(F)F)n2)nc(N(C)c2ccccc2)n1. The molecule has 0 saturated carbocycles. The lowest BCUT2D eigenvalue weighted by Gasteiger charge is -2.37. The molecule has 12 heteroatoms. The van der Waals surface area contributed by atoms with Gasteiger partial charge in [-0.25, -0.2) is 4.99 Å². The molecule has 0 aliphatic carbocycles. The predicted octanol–water partition coefficient (Wildman–Crippen LogP) is 4.68. The highest BCUT2D eigenvalue weighted by Gasteiger charge is 2.44. The third-order valence-corrected chi connectivity index (χ3v) is 6.73. The van der Waals surface area contributed by atoms with Gasteiger partial charge in [0.2, 0.25) is 23.5 Å². The van der Waals surface area contributed by atoms with Gasteiger partial charge in [0.15, 0.2) is 0 Å². The van der Waals surface area contributed by atoms with Crippen molar-refractivity contribution in [2.45, 2.75) is 56.3 Å². The molecule has 3 atom stereocenters. The number of fused-ring (bicyclic) bond motifs is 2. The predicted molar refractivity (Wildman–Crippen MR) is 123 cm³/mol. The Bertz CT molecular complexity index is 1170. The summed E-state index contributed by atoms with van der Waals surface area (Å²) >= 11 is 0. The lowest BCUT2D eigenvalue weighted by molar-refractivity contribution is -0.140. The molecule has 3 aromatic rings. The molecule has 184 valence electrons. The maximum Gasteiger partial charge on any atom is 0.390 e. The highest BCUT2D eigenvalue weighted by molar-refractivity contribution is 5.59. The molecule has 1 aromatic carbocycles. The van der Waals surface area contributed by atoms with Crippen molar-refractivity contribution in [1.29, 1.82) is 0 Å². The van der Waals surface area contributed by atoms with Crippen molar-refractivity contribution in [3.8, 4) is 11.6 Å². The van der Waals surface area contributed by atoms with Crippen molar-refractivity contribution in [1.82, 2.24) is 30.0 Å². The summed E-state index contributed by atoms with van der Waals surface area (Å²) in [6.45, 7) is 3.56. The number of aromatic nitrogens is 5. The third kappa shape index (κ3) is 5.02. The summed E-state index contributed by atoms with van der Waals surface area (Å²) in [6, 6.07) is 9.77. The maximum atomic E-state index is 12.7. The monoisotopic (exact) mass is 486 g/mol. The summed E-state index contributed by atoms with van der Waals surface area (Å²) in [7, 11) is 1.82. The molecular formula is C23H25F3N8O. The van der Waals surface area contributed by atoms with Crippen molar-refractivity contribution in [2.24, 2.45) is 4.99 Å². The molecule has 4 heterocycles. The van der Waals surface area contributed by atoms with Crippen LogP contribution in [0.15, 0.2) is 39.8 Å². The molecule has 0 spiro atoms. The van der Waals surface area contributed by atoms with Crippen molar-refractivity contribution in [3.63, 3.8) is 0 Å². The Balaban J connectivity index is 1.34. The first-order valence-corrected chi connectivity index (χ1v) is 11.5. The lowest BCUT2D eigenvalue weighted by atomic mass is 9.90.